The van der Waals surface area contributed by atoms with Crippen LogP contribution in [0.3, 0.4) is 0 Å². The van der Waals surface area contributed by atoms with Gasteiger partial charge >= 0.3 is 0 Å². The van der Waals surface area contributed by atoms with Gasteiger partial charge in [-0.1, -0.05) is 39.5 Å². The fourth-order valence-electron chi connectivity index (χ4n) is 0.500. The molecule has 0 amide bonds. The van der Waals surface area contributed by atoms with Crippen molar-refractivity contribution in [3.05, 3.63) is 0 Å². The molecule has 0 saturated carbocycles. The minimum absolute atomic E-state index is 0.167. The van der Waals surface area contributed by atoms with E-state index >= 15 is 0 Å². The van der Waals surface area contributed by atoms with Crippen molar-refractivity contribution < 1.29 is 10.2 Å². The molecule has 0 heterocycles. The quantitative estimate of drug-likeness (QED) is 0.695. The maximum Gasteiger partial charge on any atom is 0.0483 e. The van der Waals surface area contributed by atoms with Crippen molar-refractivity contribution in [2.45, 2.75) is 79.4 Å². The lowest BCUT2D eigenvalue weighted by molar-refractivity contribution is 0.215. The highest BCUT2D eigenvalue weighted by Gasteiger charge is 1.75. The summed E-state index contributed by atoms with van der Waals surface area (Å²) in [6.45, 7) is 11.4. The molecule has 0 aromatic heterocycles. The van der Waals surface area contributed by atoms with Gasteiger partial charge in [-0.25, -0.2) is 0 Å². The Labute approximate surface area is 90.4 Å². The predicted molar refractivity (Wildman–Crippen MR) is 64.5 cm³/mol. The number of hydrogen-bond acceptors (Lipinski definition) is 2. The average Bonchev–Trinajstić information content (AvgIpc) is 1.98. The van der Waals surface area contributed by atoms with Crippen LogP contribution in [0.25, 0.3) is 0 Å². The molecule has 0 unspecified atom stereocenters. The molecule has 90 valence electrons. The third kappa shape index (κ3) is 167. The van der Waals surface area contributed by atoms with Crippen molar-refractivity contribution in [2.75, 3.05) is 0 Å². The Morgan fingerprint density at radius 2 is 0.857 bits per heavy atom. The fraction of sp³-hybridized carbons (Fsp3) is 1.00. The van der Waals surface area contributed by atoms with Crippen molar-refractivity contribution in [3.63, 3.8) is 0 Å². The zero-order chi connectivity index (χ0) is 12.0. The lowest BCUT2D eigenvalue weighted by atomic mass is 10.2. The van der Waals surface area contributed by atoms with Crippen LogP contribution in [0, 0.1) is 0 Å². The number of unbranched alkanes of at least 4 members (excludes halogenated alkanes) is 3. The van der Waals surface area contributed by atoms with Crippen LogP contribution < -0.4 is 0 Å². The standard InChI is InChI=1S/C6H14.2C3H8O/c1-3-5-6-4-2;2*1-3(2)4/h3-6H2,1-2H3;2*3-4H,1-2H3. The second kappa shape index (κ2) is 18.7. The second-order valence-electron chi connectivity index (χ2n) is 3.89. The van der Waals surface area contributed by atoms with Gasteiger partial charge in [0.05, 0.1) is 0 Å². The summed E-state index contributed by atoms with van der Waals surface area (Å²) in [7, 11) is 0. The van der Waals surface area contributed by atoms with E-state index in [0.29, 0.717) is 0 Å². The molecule has 0 aliphatic heterocycles. The Balaban J connectivity index is -0.000000135. The first kappa shape index (κ1) is 19.5. The van der Waals surface area contributed by atoms with Crippen LogP contribution >= 0.6 is 0 Å². The van der Waals surface area contributed by atoms with Gasteiger partial charge in [-0.15, -0.1) is 0 Å². The van der Waals surface area contributed by atoms with Crippen LogP contribution in [0.5, 0.6) is 0 Å². The van der Waals surface area contributed by atoms with Crippen molar-refractivity contribution in [1.82, 2.24) is 0 Å². The van der Waals surface area contributed by atoms with Gasteiger partial charge in [0.1, 0.15) is 0 Å². The molecule has 0 fully saturated rings. The first-order chi connectivity index (χ1) is 6.38. The molecular weight excluding hydrogens is 176 g/mol. The molecule has 2 nitrogen and oxygen atoms in total. The van der Waals surface area contributed by atoms with Crippen molar-refractivity contribution in [3.8, 4) is 0 Å². The van der Waals surface area contributed by atoms with E-state index in [4.69, 9.17) is 10.2 Å². The van der Waals surface area contributed by atoms with Gasteiger partial charge in [0.2, 0.25) is 0 Å². The molecular formula is C12H30O2. The fourth-order valence-corrected chi connectivity index (χ4v) is 0.500. The summed E-state index contributed by atoms with van der Waals surface area (Å²) in [6, 6.07) is 0. The van der Waals surface area contributed by atoms with Gasteiger partial charge in [0.15, 0.2) is 0 Å². The smallest absolute Gasteiger partial charge is 0.0483 e. The van der Waals surface area contributed by atoms with Gasteiger partial charge in [0.25, 0.3) is 0 Å². The summed E-state index contributed by atoms with van der Waals surface area (Å²) in [5, 5.41) is 16.1. The third-order valence-electron chi connectivity index (χ3n) is 0.957. The maximum atomic E-state index is 8.06. The Morgan fingerprint density at radius 3 is 0.929 bits per heavy atom. The Kier molecular flexibility index (Phi) is 26.0. The zero-order valence-electron chi connectivity index (χ0n) is 10.9. The van der Waals surface area contributed by atoms with Crippen molar-refractivity contribution in [2.24, 2.45) is 0 Å². The number of aliphatic hydroxyl groups is 2. The Morgan fingerprint density at radius 1 is 0.714 bits per heavy atom. The van der Waals surface area contributed by atoms with Crippen molar-refractivity contribution in [1.29, 1.82) is 0 Å². The van der Waals surface area contributed by atoms with E-state index in [1.807, 2.05) is 0 Å². The van der Waals surface area contributed by atoms with Crippen LogP contribution in [0.2, 0.25) is 0 Å². The van der Waals surface area contributed by atoms with Crippen LogP contribution in [0.15, 0.2) is 0 Å². The van der Waals surface area contributed by atoms with E-state index in [2.05, 4.69) is 13.8 Å². The summed E-state index contributed by atoms with van der Waals surface area (Å²) in [5.74, 6) is 0. The van der Waals surface area contributed by atoms with Gasteiger partial charge in [-0.05, 0) is 27.7 Å². The minimum Gasteiger partial charge on any atom is -0.394 e. The lowest BCUT2D eigenvalue weighted by Crippen LogP contribution is -1.85. The van der Waals surface area contributed by atoms with E-state index in [1.165, 1.54) is 25.7 Å². The normalized spacial score (nSPS) is 9.00. The maximum absolute atomic E-state index is 8.06. The molecule has 2 N–H and O–H groups in total. The summed E-state index contributed by atoms with van der Waals surface area (Å²) in [4.78, 5) is 0. The molecule has 0 rings (SSSR count). The van der Waals surface area contributed by atoms with Crippen LogP contribution in [-0.4, -0.2) is 22.4 Å². The molecule has 0 atom stereocenters. The molecule has 0 aromatic carbocycles. The number of hydrogen-bond donors (Lipinski definition) is 2. The highest BCUT2D eigenvalue weighted by atomic mass is 16.3. The molecule has 0 radical (unpaired) electrons. The van der Waals surface area contributed by atoms with E-state index in [0.717, 1.165) is 0 Å². The Bertz CT molecular complexity index is 55.2. The molecule has 0 spiro atoms. The Hall–Kier alpha value is -0.0800. The number of aliphatic hydroxyl groups excluding tert-OH is 2. The predicted octanol–water partition coefficient (Wildman–Crippen LogP) is 3.36. The zero-order valence-corrected chi connectivity index (χ0v) is 10.9. The molecule has 0 aliphatic carbocycles. The summed E-state index contributed by atoms with van der Waals surface area (Å²) in [6.07, 6.45) is 5.20. The second-order valence-corrected chi connectivity index (χ2v) is 3.89. The summed E-state index contributed by atoms with van der Waals surface area (Å²) in [5.41, 5.74) is 0. The lowest BCUT2D eigenvalue weighted by Gasteiger charge is -1.86. The molecule has 2 heteroatoms. The van der Waals surface area contributed by atoms with E-state index in [9.17, 15) is 0 Å². The highest BCUT2D eigenvalue weighted by Crippen LogP contribution is 1.95. The van der Waals surface area contributed by atoms with Gasteiger partial charge < -0.3 is 10.2 Å². The van der Waals surface area contributed by atoms with Crippen molar-refractivity contribution >= 4 is 0 Å². The topological polar surface area (TPSA) is 40.5 Å². The molecule has 0 saturated heterocycles. The molecule has 0 aromatic rings. The van der Waals surface area contributed by atoms with Crippen LogP contribution in [0.1, 0.15) is 67.2 Å². The average molecular weight is 206 g/mol. The van der Waals surface area contributed by atoms with Gasteiger partial charge in [0, 0.05) is 12.2 Å². The third-order valence-corrected chi connectivity index (χ3v) is 0.957. The largest absolute Gasteiger partial charge is 0.394 e. The van der Waals surface area contributed by atoms with Crippen LogP contribution in [0.4, 0.5) is 0 Å². The molecule has 0 aliphatic rings. The summed E-state index contributed by atoms with van der Waals surface area (Å²) < 4.78 is 0. The molecule has 0 bridgehead atoms. The van der Waals surface area contributed by atoms with Gasteiger partial charge in [-0.2, -0.15) is 0 Å². The SMILES string of the molecule is CC(C)O.CC(C)O.CCCCCC. The van der Waals surface area contributed by atoms with E-state index in [1.54, 1.807) is 27.7 Å². The van der Waals surface area contributed by atoms with Crippen LogP contribution in [-0.2, 0) is 0 Å². The van der Waals surface area contributed by atoms with E-state index in [-0.39, 0.29) is 12.2 Å². The first-order valence-electron chi connectivity index (χ1n) is 5.74. The monoisotopic (exact) mass is 206 g/mol. The van der Waals surface area contributed by atoms with Gasteiger partial charge in [-0.3, -0.25) is 0 Å². The summed E-state index contributed by atoms with van der Waals surface area (Å²) >= 11 is 0. The first-order valence-corrected chi connectivity index (χ1v) is 5.74. The van der Waals surface area contributed by atoms with E-state index < -0.39 is 0 Å². The molecule has 14 heavy (non-hydrogen) atoms. The highest BCUT2D eigenvalue weighted by molar-refractivity contribution is 4.31. The number of rotatable bonds is 3. The minimum atomic E-state index is -0.167.